The van der Waals surface area contributed by atoms with E-state index in [1.807, 2.05) is 25.4 Å². The molecule has 4 heteroatoms. The summed E-state index contributed by atoms with van der Waals surface area (Å²) < 4.78 is 2.29. The third-order valence-corrected chi connectivity index (χ3v) is 3.91. The average Bonchev–Trinajstić information content (AvgIpc) is 2.77. The maximum atomic E-state index is 6.30. The largest absolute Gasteiger partial charge is 0.324 e. The highest BCUT2D eigenvalue weighted by molar-refractivity contribution is 6.20. The summed E-state index contributed by atoms with van der Waals surface area (Å²) >= 11 is 6.30. The molecule has 2 aromatic heterocycles. The van der Waals surface area contributed by atoms with Crippen LogP contribution < -0.4 is 0 Å². The van der Waals surface area contributed by atoms with Crippen LogP contribution in [0.5, 0.6) is 0 Å². The van der Waals surface area contributed by atoms with Gasteiger partial charge in [0.1, 0.15) is 11.3 Å². The van der Waals surface area contributed by atoms with Crippen LogP contribution in [-0.4, -0.2) is 14.5 Å². The minimum Gasteiger partial charge on any atom is -0.324 e. The smallest absolute Gasteiger partial charge is 0.128 e. The van der Waals surface area contributed by atoms with Crippen LogP contribution >= 0.6 is 11.6 Å². The summed E-state index contributed by atoms with van der Waals surface area (Å²) in [5.41, 5.74) is 2.07. The summed E-state index contributed by atoms with van der Waals surface area (Å²) in [7, 11) is 0. The Kier molecular flexibility index (Phi) is 5.03. The zero-order chi connectivity index (χ0) is 14.7. The van der Waals surface area contributed by atoms with Crippen LogP contribution in [0.2, 0.25) is 0 Å². The number of imidazole rings is 1. The van der Waals surface area contributed by atoms with Crippen LogP contribution in [0.1, 0.15) is 64.2 Å². The fraction of sp³-hybridized carbons (Fsp3) is 0.625. The van der Waals surface area contributed by atoms with Crippen molar-refractivity contribution in [1.82, 2.24) is 14.5 Å². The Hall–Kier alpha value is -1.09. The molecule has 2 aromatic rings. The summed E-state index contributed by atoms with van der Waals surface area (Å²) in [6.07, 6.45) is 7.30. The van der Waals surface area contributed by atoms with E-state index in [0.717, 1.165) is 29.2 Å². The zero-order valence-corrected chi connectivity index (χ0v) is 13.6. The predicted molar refractivity (Wildman–Crippen MR) is 85.2 cm³/mol. The first-order valence-electron chi connectivity index (χ1n) is 7.46. The number of fused-ring (bicyclic) bond motifs is 1. The average molecular weight is 294 g/mol. The molecule has 2 atom stereocenters. The lowest BCUT2D eigenvalue weighted by Gasteiger charge is -2.19. The molecule has 0 spiro atoms. The summed E-state index contributed by atoms with van der Waals surface area (Å²) in [6, 6.07) is 2.45. The minimum absolute atomic E-state index is 0.0880. The molecule has 3 nitrogen and oxygen atoms in total. The van der Waals surface area contributed by atoms with E-state index in [1.165, 1.54) is 12.8 Å². The molecule has 0 saturated heterocycles. The highest BCUT2D eigenvalue weighted by Crippen LogP contribution is 2.29. The second-order valence-electron chi connectivity index (χ2n) is 5.99. The van der Waals surface area contributed by atoms with E-state index in [0.29, 0.717) is 6.04 Å². The Labute approximate surface area is 126 Å². The Balaban J connectivity index is 2.28. The molecule has 110 valence electrons. The fourth-order valence-electron chi connectivity index (χ4n) is 2.66. The highest BCUT2D eigenvalue weighted by atomic mass is 35.5. The maximum Gasteiger partial charge on any atom is 0.128 e. The second kappa shape index (κ2) is 6.57. The molecule has 2 heterocycles. The van der Waals surface area contributed by atoms with Gasteiger partial charge < -0.3 is 4.57 Å². The fourth-order valence-corrected chi connectivity index (χ4v) is 2.82. The van der Waals surface area contributed by atoms with Gasteiger partial charge in [0.05, 0.1) is 17.1 Å². The number of halogens is 1. The van der Waals surface area contributed by atoms with Crippen molar-refractivity contribution in [3.8, 4) is 0 Å². The van der Waals surface area contributed by atoms with Gasteiger partial charge in [0, 0.05) is 12.2 Å². The van der Waals surface area contributed by atoms with Gasteiger partial charge in [-0.2, -0.15) is 0 Å². The number of hydrogen-bond donors (Lipinski definition) is 0. The molecule has 0 fully saturated rings. The van der Waals surface area contributed by atoms with Crippen molar-refractivity contribution in [2.75, 3.05) is 0 Å². The van der Waals surface area contributed by atoms with Gasteiger partial charge in [0.2, 0.25) is 0 Å². The van der Waals surface area contributed by atoms with Crippen molar-refractivity contribution in [1.29, 1.82) is 0 Å². The highest BCUT2D eigenvalue weighted by Gasteiger charge is 2.18. The molecule has 0 N–H and O–H groups in total. The van der Waals surface area contributed by atoms with Gasteiger partial charge in [-0.15, -0.1) is 11.6 Å². The number of aromatic nitrogens is 3. The maximum absolute atomic E-state index is 6.30. The van der Waals surface area contributed by atoms with E-state index in [4.69, 9.17) is 11.6 Å². The number of nitrogens with zero attached hydrogens (tertiary/aromatic N) is 3. The molecule has 0 bridgehead atoms. The van der Waals surface area contributed by atoms with Crippen LogP contribution in [0.3, 0.4) is 0 Å². The minimum atomic E-state index is -0.0880. The van der Waals surface area contributed by atoms with Gasteiger partial charge in [-0.25, -0.2) is 4.98 Å². The summed E-state index contributed by atoms with van der Waals surface area (Å²) in [5, 5.41) is -0.0880. The van der Waals surface area contributed by atoms with E-state index in [1.54, 1.807) is 0 Å². The van der Waals surface area contributed by atoms with Crippen LogP contribution in [0.15, 0.2) is 18.5 Å². The van der Waals surface area contributed by atoms with E-state index in [2.05, 4.69) is 35.3 Å². The second-order valence-corrected chi connectivity index (χ2v) is 6.65. The molecule has 0 aromatic carbocycles. The lowest BCUT2D eigenvalue weighted by Crippen LogP contribution is -2.10. The van der Waals surface area contributed by atoms with E-state index in [9.17, 15) is 0 Å². The van der Waals surface area contributed by atoms with Crippen molar-refractivity contribution in [2.24, 2.45) is 5.92 Å². The first-order chi connectivity index (χ1) is 9.50. The molecule has 2 rings (SSSR count). The number of pyridine rings is 1. The van der Waals surface area contributed by atoms with E-state index in [-0.39, 0.29) is 5.38 Å². The zero-order valence-electron chi connectivity index (χ0n) is 12.8. The van der Waals surface area contributed by atoms with Crippen molar-refractivity contribution < 1.29 is 0 Å². The van der Waals surface area contributed by atoms with Gasteiger partial charge in [-0.05, 0) is 32.3 Å². The third kappa shape index (κ3) is 3.32. The lowest BCUT2D eigenvalue weighted by atomic mass is 10.0. The Bertz CT molecular complexity index is 560. The molecular formula is C16H24ClN3. The van der Waals surface area contributed by atoms with Gasteiger partial charge in [0.15, 0.2) is 0 Å². The van der Waals surface area contributed by atoms with Crippen LogP contribution in [0.25, 0.3) is 11.0 Å². The SMILES string of the molecule is CC(C)CCCC(C)n1c(C(C)Cl)nc2cnccc21. The van der Waals surface area contributed by atoms with Crippen molar-refractivity contribution >= 4 is 22.6 Å². The van der Waals surface area contributed by atoms with Crippen LogP contribution in [-0.2, 0) is 0 Å². The molecule has 0 aliphatic heterocycles. The summed E-state index contributed by atoms with van der Waals surface area (Å²) in [5.74, 6) is 1.71. The number of alkyl halides is 1. The molecule has 0 amide bonds. The summed E-state index contributed by atoms with van der Waals surface area (Å²) in [6.45, 7) is 8.78. The van der Waals surface area contributed by atoms with Gasteiger partial charge in [-0.3, -0.25) is 4.98 Å². The Morgan fingerprint density at radius 2 is 1.95 bits per heavy atom. The molecular weight excluding hydrogens is 270 g/mol. The Morgan fingerprint density at radius 3 is 2.60 bits per heavy atom. The predicted octanol–water partition coefficient (Wildman–Crippen LogP) is 5.12. The first-order valence-corrected chi connectivity index (χ1v) is 7.90. The Morgan fingerprint density at radius 1 is 1.20 bits per heavy atom. The van der Waals surface area contributed by atoms with Crippen LogP contribution in [0, 0.1) is 5.92 Å². The molecule has 2 unspecified atom stereocenters. The molecule has 20 heavy (non-hydrogen) atoms. The monoisotopic (exact) mass is 293 g/mol. The van der Waals surface area contributed by atoms with Crippen molar-refractivity contribution in [3.63, 3.8) is 0 Å². The van der Waals surface area contributed by atoms with Crippen molar-refractivity contribution in [3.05, 3.63) is 24.3 Å². The standard InChI is InChI=1S/C16H24ClN3/c1-11(2)6-5-7-12(3)20-15-8-9-18-10-14(15)19-16(20)13(4)17/h8-13H,5-7H2,1-4H3. The molecule has 0 radical (unpaired) electrons. The number of hydrogen-bond acceptors (Lipinski definition) is 2. The molecule has 0 aliphatic rings. The van der Waals surface area contributed by atoms with Gasteiger partial charge >= 0.3 is 0 Å². The van der Waals surface area contributed by atoms with Gasteiger partial charge in [0.25, 0.3) is 0 Å². The first kappa shape index (κ1) is 15.3. The quantitative estimate of drug-likeness (QED) is 0.692. The topological polar surface area (TPSA) is 30.7 Å². The van der Waals surface area contributed by atoms with Crippen molar-refractivity contribution in [2.45, 2.75) is 58.4 Å². The lowest BCUT2D eigenvalue weighted by molar-refractivity contribution is 0.444. The van der Waals surface area contributed by atoms with Gasteiger partial charge in [-0.1, -0.05) is 26.7 Å². The van der Waals surface area contributed by atoms with Crippen LogP contribution in [0.4, 0.5) is 0 Å². The van der Waals surface area contributed by atoms with E-state index < -0.39 is 0 Å². The molecule has 0 saturated carbocycles. The summed E-state index contributed by atoms with van der Waals surface area (Å²) in [4.78, 5) is 8.80. The normalized spacial score (nSPS) is 14.9. The molecule has 0 aliphatic carbocycles. The van der Waals surface area contributed by atoms with E-state index >= 15 is 0 Å². The third-order valence-electron chi connectivity index (χ3n) is 3.72. The number of rotatable bonds is 6.